The smallest absolute Gasteiger partial charge is 0.372 e. The van der Waals surface area contributed by atoms with Gasteiger partial charge in [0.1, 0.15) is 5.58 Å². The van der Waals surface area contributed by atoms with Crippen LogP contribution >= 0.6 is 0 Å². The van der Waals surface area contributed by atoms with Crippen LogP contribution in [0.15, 0.2) is 16.5 Å². The van der Waals surface area contributed by atoms with Crippen molar-refractivity contribution in [1.82, 2.24) is 0 Å². The van der Waals surface area contributed by atoms with Crippen molar-refractivity contribution in [3.63, 3.8) is 0 Å². The van der Waals surface area contributed by atoms with Gasteiger partial charge in [0.05, 0.1) is 0 Å². The van der Waals surface area contributed by atoms with E-state index in [0.717, 1.165) is 16.5 Å². The van der Waals surface area contributed by atoms with Gasteiger partial charge in [0.25, 0.3) is 0 Å². The first-order valence-corrected chi connectivity index (χ1v) is 4.74. The van der Waals surface area contributed by atoms with E-state index in [1.807, 2.05) is 26.0 Å². The third kappa shape index (κ3) is 1.40. The summed E-state index contributed by atoms with van der Waals surface area (Å²) in [6.07, 6.45) is 0. The molecule has 78 valence electrons. The number of hydrogen-bond donors (Lipinski definition) is 1. The fourth-order valence-electron chi connectivity index (χ4n) is 1.87. The minimum absolute atomic E-state index is 0.0405. The van der Waals surface area contributed by atoms with Crippen LogP contribution in [0.4, 0.5) is 0 Å². The topological polar surface area (TPSA) is 50.4 Å². The van der Waals surface area contributed by atoms with Crippen LogP contribution in [-0.4, -0.2) is 11.1 Å². The van der Waals surface area contributed by atoms with Gasteiger partial charge in [-0.1, -0.05) is 6.07 Å². The van der Waals surface area contributed by atoms with E-state index >= 15 is 0 Å². The highest BCUT2D eigenvalue weighted by molar-refractivity contribution is 5.96. The largest absolute Gasteiger partial charge is 0.475 e. The molecule has 0 amide bonds. The van der Waals surface area contributed by atoms with Crippen LogP contribution in [0.1, 0.15) is 27.2 Å². The molecule has 0 radical (unpaired) electrons. The van der Waals surface area contributed by atoms with Gasteiger partial charge in [-0.3, -0.25) is 0 Å². The molecule has 0 atom stereocenters. The quantitative estimate of drug-likeness (QED) is 0.776. The molecule has 2 aromatic rings. The van der Waals surface area contributed by atoms with Gasteiger partial charge in [0.2, 0.25) is 5.76 Å². The lowest BCUT2D eigenvalue weighted by atomic mass is 10.1. The number of carboxylic acids is 1. The van der Waals surface area contributed by atoms with Crippen molar-refractivity contribution >= 4 is 16.9 Å². The SMILES string of the molecule is Cc1cc(C)c2oc(C(=O)O)c(C)c2c1. The summed E-state index contributed by atoms with van der Waals surface area (Å²) in [5.74, 6) is -0.973. The molecule has 15 heavy (non-hydrogen) atoms. The van der Waals surface area contributed by atoms with Crippen LogP contribution in [0.3, 0.4) is 0 Å². The Hall–Kier alpha value is -1.77. The van der Waals surface area contributed by atoms with E-state index in [1.165, 1.54) is 0 Å². The van der Waals surface area contributed by atoms with E-state index in [-0.39, 0.29) is 5.76 Å². The Bertz CT molecular complexity index is 549. The summed E-state index contributed by atoms with van der Waals surface area (Å²) in [4.78, 5) is 10.9. The summed E-state index contributed by atoms with van der Waals surface area (Å²) in [5.41, 5.74) is 3.46. The van der Waals surface area contributed by atoms with E-state index in [4.69, 9.17) is 9.52 Å². The third-order valence-electron chi connectivity index (χ3n) is 2.56. The van der Waals surface area contributed by atoms with Gasteiger partial charge < -0.3 is 9.52 Å². The molecule has 0 aliphatic heterocycles. The number of carboxylic acid groups (broad SMARTS) is 1. The fraction of sp³-hybridized carbons (Fsp3) is 0.250. The number of rotatable bonds is 1. The summed E-state index contributed by atoms with van der Waals surface area (Å²) in [6, 6.07) is 3.94. The lowest BCUT2D eigenvalue weighted by Gasteiger charge is -1.97. The van der Waals surface area contributed by atoms with Crippen LogP contribution in [0.5, 0.6) is 0 Å². The lowest BCUT2D eigenvalue weighted by Crippen LogP contribution is -1.95. The van der Waals surface area contributed by atoms with Gasteiger partial charge in [-0.05, 0) is 38.0 Å². The van der Waals surface area contributed by atoms with Crippen molar-refractivity contribution in [3.05, 3.63) is 34.6 Å². The summed E-state index contributed by atoms with van der Waals surface area (Å²) >= 11 is 0. The van der Waals surface area contributed by atoms with Crippen LogP contribution < -0.4 is 0 Å². The Morgan fingerprint density at radius 1 is 1.27 bits per heavy atom. The van der Waals surface area contributed by atoms with Gasteiger partial charge in [-0.25, -0.2) is 4.79 Å². The van der Waals surface area contributed by atoms with Gasteiger partial charge in [-0.15, -0.1) is 0 Å². The second kappa shape index (κ2) is 3.12. The summed E-state index contributed by atoms with van der Waals surface area (Å²) < 4.78 is 5.35. The number of aromatic carboxylic acids is 1. The number of fused-ring (bicyclic) bond motifs is 1. The summed E-state index contributed by atoms with van der Waals surface area (Å²) in [5, 5.41) is 9.83. The highest BCUT2D eigenvalue weighted by Gasteiger charge is 2.17. The van der Waals surface area contributed by atoms with Crippen molar-refractivity contribution in [2.24, 2.45) is 0 Å². The Balaban J connectivity index is 2.88. The molecular formula is C12H12O3. The normalized spacial score (nSPS) is 10.9. The zero-order chi connectivity index (χ0) is 11.2. The minimum atomic E-state index is -1.01. The van der Waals surface area contributed by atoms with Gasteiger partial charge in [-0.2, -0.15) is 0 Å². The average molecular weight is 204 g/mol. The molecule has 1 N–H and O–H groups in total. The van der Waals surface area contributed by atoms with E-state index in [1.54, 1.807) is 6.92 Å². The maximum absolute atomic E-state index is 10.9. The number of hydrogen-bond acceptors (Lipinski definition) is 2. The molecule has 0 spiro atoms. The van der Waals surface area contributed by atoms with Gasteiger partial charge in [0.15, 0.2) is 0 Å². The maximum atomic E-state index is 10.9. The molecule has 0 aliphatic rings. The third-order valence-corrected chi connectivity index (χ3v) is 2.56. The Kier molecular flexibility index (Phi) is 2.03. The molecular weight excluding hydrogens is 192 g/mol. The van der Waals surface area contributed by atoms with Crippen LogP contribution in [0, 0.1) is 20.8 Å². The van der Waals surface area contributed by atoms with Crippen molar-refractivity contribution in [2.45, 2.75) is 20.8 Å². The Morgan fingerprint density at radius 2 is 1.93 bits per heavy atom. The van der Waals surface area contributed by atoms with Crippen molar-refractivity contribution in [3.8, 4) is 0 Å². The van der Waals surface area contributed by atoms with Crippen LogP contribution in [0.25, 0.3) is 11.0 Å². The molecule has 1 aromatic carbocycles. The molecule has 3 nitrogen and oxygen atoms in total. The van der Waals surface area contributed by atoms with E-state index in [0.29, 0.717) is 11.1 Å². The standard InChI is InChI=1S/C12H12O3/c1-6-4-7(2)10-9(5-6)8(3)11(15-10)12(13)14/h4-5H,1-3H3,(H,13,14). The number of aryl methyl sites for hydroxylation is 3. The molecule has 0 saturated heterocycles. The highest BCUT2D eigenvalue weighted by Crippen LogP contribution is 2.28. The lowest BCUT2D eigenvalue weighted by molar-refractivity contribution is 0.0664. The molecule has 0 fully saturated rings. The Labute approximate surface area is 87.3 Å². The second-order valence-electron chi connectivity index (χ2n) is 3.82. The Morgan fingerprint density at radius 3 is 2.53 bits per heavy atom. The maximum Gasteiger partial charge on any atom is 0.372 e. The van der Waals surface area contributed by atoms with E-state index < -0.39 is 5.97 Å². The van der Waals surface area contributed by atoms with Crippen molar-refractivity contribution < 1.29 is 14.3 Å². The fourth-order valence-corrected chi connectivity index (χ4v) is 1.87. The molecule has 1 heterocycles. The first kappa shape index (κ1) is 9.77. The molecule has 3 heteroatoms. The molecule has 0 bridgehead atoms. The number of furan rings is 1. The van der Waals surface area contributed by atoms with Crippen LogP contribution in [0.2, 0.25) is 0 Å². The monoisotopic (exact) mass is 204 g/mol. The van der Waals surface area contributed by atoms with Gasteiger partial charge in [0, 0.05) is 10.9 Å². The second-order valence-corrected chi connectivity index (χ2v) is 3.82. The minimum Gasteiger partial charge on any atom is -0.475 e. The number of carbonyl (C=O) groups is 1. The first-order valence-electron chi connectivity index (χ1n) is 4.74. The summed E-state index contributed by atoms with van der Waals surface area (Å²) in [7, 11) is 0. The highest BCUT2D eigenvalue weighted by atomic mass is 16.4. The molecule has 2 rings (SSSR count). The van der Waals surface area contributed by atoms with Crippen molar-refractivity contribution in [1.29, 1.82) is 0 Å². The zero-order valence-electron chi connectivity index (χ0n) is 8.92. The van der Waals surface area contributed by atoms with Gasteiger partial charge >= 0.3 is 5.97 Å². The zero-order valence-corrected chi connectivity index (χ0v) is 8.92. The van der Waals surface area contributed by atoms with Crippen molar-refractivity contribution in [2.75, 3.05) is 0 Å². The molecule has 0 aliphatic carbocycles. The number of benzene rings is 1. The predicted octanol–water partition coefficient (Wildman–Crippen LogP) is 3.06. The predicted molar refractivity (Wildman–Crippen MR) is 57.4 cm³/mol. The van der Waals surface area contributed by atoms with Crippen LogP contribution in [-0.2, 0) is 0 Å². The summed E-state index contributed by atoms with van der Waals surface area (Å²) in [6.45, 7) is 5.68. The molecule has 1 aromatic heterocycles. The van der Waals surface area contributed by atoms with E-state index in [9.17, 15) is 4.79 Å². The van der Waals surface area contributed by atoms with E-state index in [2.05, 4.69) is 0 Å². The first-order chi connectivity index (χ1) is 7.00. The molecule has 0 unspecified atom stereocenters. The molecule has 0 saturated carbocycles. The average Bonchev–Trinajstić information content (AvgIpc) is 2.44.